The number of carbonyl (C=O) groups is 2. The predicted octanol–water partition coefficient (Wildman–Crippen LogP) is 4.54. The number of ether oxygens (including phenoxy) is 2. The minimum atomic E-state index is -0.432. The minimum Gasteiger partial charge on any atom is -0.489 e. The van der Waals surface area contributed by atoms with Crippen LogP contribution in [0.4, 0.5) is 5.69 Å². The van der Waals surface area contributed by atoms with E-state index in [9.17, 15) is 9.59 Å². The molecule has 0 heterocycles. The van der Waals surface area contributed by atoms with Crippen molar-refractivity contribution in [1.82, 2.24) is 0 Å². The fraction of sp³-hybridized carbons (Fsp3) is 0.130. The van der Waals surface area contributed by atoms with Crippen LogP contribution in [0, 0.1) is 0 Å². The molecule has 148 valence electrons. The standard InChI is InChI=1S/C23H21NO4S/c25-22(16-28-23(26)17-29-21-9-5-2-6-10-21)24-19-11-13-20(14-12-19)27-15-18-7-3-1-4-8-18/h1-14H,15-17H2,(H,24,25). The summed E-state index contributed by atoms with van der Waals surface area (Å²) in [6.07, 6.45) is 0. The van der Waals surface area contributed by atoms with Crippen molar-refractivity contribution in [2.75, 3.05) is 17.7 Å². The van der Waals surface area contributed by atoms with Gasteiger partial charge < -0.3 is 14.8 Å². The van der Waals surface area contributed by atoms with Gasteiger partial charge in [-0.1, -0.05) is 48.5 Å². The maximum Gasteiger partial charge on any atom is 0.316 e. The molecule has 0 radical (unpaired) electrons. The van der Waals surface area contributed by atoms with Gasteiger partial charge in [0, 0.05) is 10.6 Å². The Bertz CT molecular complexity index is 915. The maximum atomic E-state index is 12.0. The van der Waals surface area contributed by atoms with Crippen LogP contribution in [0.2, 0.25) is 0 Å². The van der Waals surface area contributed by atoms with E-state index in [0.29, 0.717) is 18.0 Å². The fourth-order valence-electron chi connectivity index (χ4n) is 2.42. The highest BCUT2D eigenvalue weighted by molar-refractivity contribution is 8.00. The lowest BCUT2D eigenvalue weighted by Gasteiger charge is -2.09. The van der Waals surface area contributed by atoms with E-state index < -0.39 is 5.97 Å². The van der Waals surface area contributed by atoms with Crippen LogP contribution in [0.15, 0.2) is 89.8 Å². The van der Waals surface area contributed by atoms with Crippen LogP contribution in [-0.2, 0) is 20.9 Å². The van der Waals surface area contributed by atoms with Gasteiger partial charge in [0.1, 0.15) is 12.4 Å². The SMILES string of the molecule is O=C(COC(=O)CSc1ccccc1)Nc1ccc(OCc2ccccc2)cc1. The second kappa shape index (κ2) is 10.9. The Hall–Kier alpha value is -3.25. The lowest BCUT2D eigenvalue weighted by Crippen LogP contribution is -2.21. The smallest absolute Gasteiger partial charge is 0.316 e. The number of hydrogen-bond donors (Lipinski definition) is 1. The van der Waals surface area contributed by atoms with Crippen molar-refractivity contribution >= 4 is 29.3 Å². The highest BCUT2D eigenvalue weighted by atomic mass is 32.2. The molecule has 0 atom stereocenters. The van der Waals surface area contributed by atoms with E-state index in [1.807, 2.05) is 60.7 Å². The van der Waals surface area contributed by atoms with Gasteiger partial charge in [0.25, 0.3) is 5.91 Å². The zero-order chi connectivity index (χ0) is 20.3. The predicted molar refractivity (Wildman–Crippen MR) is 114 cm³/mol. The van der Waals surface area contributed by atoms with Crippen LogP contribution < -0.4 is 10.1 Å². The molecular formula is C23H21NO4S. The van der Waals surface area contributed by atoms with Crippen molar-refractivity contribution in [3.8, 4) is 5.75 Å². The summed E-state index contributed by atoms with van der Waals surface area (Å²) in [4.78, 5) is 24.7. The monoisotopic (exact) mass is 407 g/mol. The summed E-state index contributed by atoms with van der Waals surface area (Å²) in [5.74, 6) is 0.0426. The molecule has 0 saturated carbocycles. The third-order valence-corrected chi connectivity index (χ3v) is 4.84. The number of rotatable bonds is 9. The second-order valence-electron chi connectivity index (χ2n) is 6.11. The molecule has 6 heteroatoms. The van der Waals surface area contributed by atoms with Gasteiger partial charge in [-0.05, 0) is 42.0 Å². The topological polar surface area (TPSA) is 64.6 Å². The Morgan fingerprint density at radius 3 is 2.17 bits per heavy atom. The number of hydrogen-bond acceptors (Lipinski definition) is 5. The number of anilines is 1. The first kappa shape index (κ1) is 20.5. The molecule has 0 bridgehead atoms. The van der Waals surface area contributed by atoms with E-state index in [-0.39, 0.29) is 18.3 Å². The van der Waals surface area contributed by atoms with Gasteiger partial charge in [0.15, 0.2) is 6.61 Å². The first-order valence-electron chi connectivity index (χ1n) is 9.09. The lowest BCUT2D eigenvalue weighted by atomic mass is 10.2. The van der Waals surface area contributed by atoms with Gasteiger partial charge in [-0.2, -0.15) is 0 Å². The maximum absolute atomic E-state index is 12.0. The number of carbonyl (C=O) groups excluding carboxylic acids is 2. The molecule has 1 amide bonds. The summed E-state index contributed by atoms with van der Waals surface area (Å²) in [5, 5.41) is 2.69. The van der Waals surface area contributed by atoms with Crippen molar-refractivity contribution in [1.29, 1.82) is 0 Å². The van der Waals surface area contributed by atoms with Gasteiger partial charge in [0.2, 0.25) is 0 Å². The van der Waals surface area contributed by atoms with E-state index in [0.717, 1.165) is 10.5 Å². The van der Waals surface area contributed by atoms with Gasteiger partial charge in [-0.15, -0.1) is 11.8 Å². The summed E-state index contributed by atoms with van der Waals surface area (Å²) in [5.41, 5.74) is 1.69. The summed E-state index contributed by atoms with van der Waals surface area (Å²) in [6, 6.07) is 26.5. The van der Waals surface area contributed by atoms with Crippen molar-refractivity contribution < 1.29 is 19.1 Å². The molecule has 1 N–H and O–H groups in total. The lowest BCUT2D eigenvalue weighted by molar-refractivity contribution is -0.144. The normalized spacial score (nSPS) is 10.2. The van der Waals surface area contributed by atoms with E-state index >= 15 is 0 Å². The van der Waals surface area contributed by atoms with Crippen molar-refractivity contribution in [3.63, 3.8) is 0 Å². The Morgan fingerprint density at radius 1 is 0.828 bits per heavy atom. The Morgan fingerprint density at radius 2 is 1.48 bits per heavy atom. The summed E-state index contributed by atoms with van der Waals surface area (Å²) < 4.78 is 10.7. The number of esters is 1. The highest BCUT2D eigenvalue weighted by Crippen LogP contribution is 2.18. The van der Waals surface area contributed by atoms with Gasteiger partial charge in [-0.25, -0.2) is 0 Å². The third-order valence-electron chi connectivity index (χ3n) is 3.85. The molecule has 0 saturated heterocycles. The highest BCUT2D eigenvalue weighted by Gasteiger charge is 2.09. The molecule has 3 rings (SSSR count). The Kier molecular flexibility index (Phi) is 7.72. The van der Waals surface area contributed by atoms with Crippen molar-refractivity contribution in [2.45, 2.75) is 11.5 Å². The first-order chi connectivity index (χ1) is 14.2. The molecule has 0 spiro atoms. The molecule has 3 aromatic carbocycles. The molecule has 5 nitrogen and oxygen atoms in total. The third kappa shape index (κ3) is 7.35. The molecule has 0 aromatic heterocycles. The summed E-state index contributed by atoms with van der Waals surface area (Å²) in [7, 11) is 0. The van der Waals surface area contributed by atoms with Gasteiger partial charge in [-0.3, -0.25) is 9.59 Å². The van der Waals surface area contributed by atoms with Crippen LogP contribution in [0.1, 0.15) is 5.56 Å². The van der Waals surface area contributed by atoms with Crippen LogP contribution in [-0.4, -0.2) is 24.2 Å². The van der Waals surface area contributed by atoms with Crippen LogP contribution in [0.3, 0.4) is 0 Å². The average molecular weight is 407 g/mol. The van der Waals surface area contributed by atoms with Gasteiger partial charge in [0.05, 0.1) is 5.75 Å². The number of benzene rings is 3. The number of thioether (sulfide) groups is 1. The summed E-state index contributed by atoms with van der Waals surface area (Å²) in [6.45, 7) is 0.157. The van der Waals surface area contributed by atoms with E-state index in [1.165, 1.54) is 11.8 Å². The fourth-order valence-corrected chi connectivity index (χ4v) is 3.14. The molecule has 0 aliphatic rings. The molecule has 0 fully saturated rings. The Labute approximate surface area is 174 Å². The van der Waals surface area contributed by atoms with E-state index in [1.54, 1.807) is 24.3 Å². The molecule has 0 aliphatic heterocycles. The molecule has 0 unspecified atom stereocenters. The zero-order valence-electron chi connectivity index (χ0n) is 15.7. The minimum absolute atomic E-state index is 0.157. The van der Waals surface area contributed by atoms with E-state index in [2.05, 4.69) is 5.32 Å². The second-order valence-corrected chi connectivity index (χ2v) is 7.16. The molecule has 29 heavy (non-hydrogen) atoms. The summed E-state index contributed by atoms with van der Waals surface area (Å²) >= 11 is 1.37. The van der Waals surface area contributed by atoms with Crippen LogP contribution in [0.25, 0.3) is 0 Å². The van der Waals surface area contributed by atoms with Crippen LogP contribution in [0.5, 0.6) is 5.75 Å². The zero-order valence-corrected chi connectivity index (χ0v) is 16.6. The average Bonchev–Trinajstić information content (AvgIpc) is 2.77. The molecule has 0 aliphatic carbocycles. The van der Waals surface area contributed by atoms with Crippen LogP contribution >= 0.6 is 11.8 Å². The largest absolute Gasteiger partial charge is 0.489 e. The number of nitrogens with one attached hydrogen (secondary N) is 1. The quantitative estimate of drug-likeness (QED) is 0.417. The Balaban J connectivity index is 1.37. The first-order valence-corrected chi connectivity index (χ1v) is 10.1. The molecule has 3 aromatic rings. The van der Waals surface area contributed by atoms with Gasteiger partial charge >= 0.3 is 5.97 Å². The van der Waals surface area contributed by atoms with Crippen molar-refractivity contribution in [3.05, 3.63) is 90.5 Å². The molecular weight excluding hydrogens is 386 g/mol. The van der Waals surface area contributed by atoms with E-state index in [4.69, 9.17) is 9.47 Å². The van der Waals surface area contributed by atoms with Crippen molar-refractivity contribution in [2.24, 2.45) is 0 Å². The number of amides is 1.